The third-order valence-electron chi connectivity index (χ3n) is 2.82. The van der Waals surface area contributed by atoms with Gasteiger partial charge in [-0.1, -0.05) is 18.2 Å². The van der Waals surface area contributed by atoms with Crippen molar-refractivity contribution < 1.29 is 13.9 Å². The van der Waals surface area contributed by atoms with Crippen molar-refractivity contribution in [3.63, 3.8) is 0 Å². The van der Waals surface area contributed by atoms with Gasteiger partial charge >= 0.3 is 0 Å². The van der Waals surface area contributed by atoms with Gasteiger partial charge in [-0.15, -0.1) is 0 Å². The molecule has 106 valence electrons. The molecule has 0 atom stereocenters. The van der Waals surface area contributed by atoms with E-state index >= 15 is 0 Å². The summed E-state index contributed by atoms with van der Waals surface area (Å²) in [6.07, 6.45) is 1.14. The largest absolute Gasteiger partial charge is 0.494 e. The summed E-state index contributed by atoms with van der Waals surface area (Å²) in [4.78, 5) is 11.6. The highest BCUT2D eigenvalue weighted by Gasteiger charge is 2.03. The van der Waals surface area contributed by atoms with Gasteiger partial charge in [0.1, 0.15) is 17.3 Å². The van der Waals surface area contributed by atoms with Gasteiger partial charge in [-0.25, -0.2) is 0 Å². The Morgan fingerprint density at radius 1 is 1.20 bits per heavy atom. The molecule has 0 spiro atoms. The second kappa shape index (κ2) is 7.38. The molecule has 4 heteroatoms. The predicted octanol–water partition coefficient (Wildman–Crippen LogP) is 3.06. The fourth-order valence-corrected chi connectivity index (χ4v) is 1.79. The number of hydrogen-bond donors (Lipinski definition) is 1. The van der Waals surface area contributed by atoms with Crippen LogP contribution in [0.3, 0.4) is 0 Å². The maximum atomic E-state index is 11.6. The number of hydrogen-bond acceptors (Lipinski definition) is 3. The predicted molar refractivity (Wildman–Crippen MR) is 76.5 cm³/mol. The minimum Gasteiger partial charge on any atom is -0.494 e. The van der Waals surface area contributed by atoms with E-state index in [-0.39, 0.29) is 5.91 Å². The minimum atomic E-state index is 0.00992. The second-order valence-corrected chi connectivity index (χ2v) is 4.55. The number of aryl methyl sites for hydroxylation is 1. The summed E-state index contributed by atoms with van der Waals surface area (Å²) in [7, 11) is 0. The van der Waals surface area contributed by atoms with Crippen LogP contribution in [0.1, 0.15) is 24.4 Å². The van der Waals surface area contributed by atoms with E-state index in [9.17, 15) is 4.79 Å². The molecule has 0 saturated carbocycles. The van der Waals surface area contributed by atoms with Crippen LogP contribution in [-0.2, 0) is 11.3 Å². The Morgan fingerprint density at radius 2 is 2.00 bits per heavy atom. The molecule has 0 fully saturated rings. The molecule has 0 aliphatic rings. The molecule has 0 bridgehead atoms. The number of nitrogens with one attached hydrogen (secondary N) is 1. The number of rotatable bonds is 7. The minimum absolute atomic E-state index is 0.00992. The lowest BCUT2D eigenvalue weighted by molar-refractivity contribution is -0.121. The second-order valence-electron chi connectivity index (χ2n) is 4.55. The van der Waals surface area contributed by atoms with Gasteiger partial charge in [0, 0.05) is 6.42 Å². The van der Waals surface area contributed by atoms with Gasteiger partial charge in [0.15, 0.2) is 0 Å². The summed E-state index contributed by atoms with van der Waals surface area (Å²) in [6, 6.07) is 13.3. The molecular weight excluding hydrogens is 254 g/mol. The highest BCUT2D eigenvalue weighted by Crippen LogP contribution is 2.09. The summed E-state index contributed by atoms with van der Waals surface area (Å²) >= 11 is 0. The molecule has 1 aromatic heterocycles. The summed E-state index contributed by atoms with van der Waals surface area (Å²) < 4.78 is 10.9. The van der Waals surface area contributed by atoms with Crippen molar-refractivity contribution >= 4 is 5.91 Å². The first-order valence-electron chi connectivity index (χ1n) is 6.74. The highest BCUT2D eigenvalue weighted by molar-refractivity contribution is 5.75. The Bertz CT molecular complexity index is 534. The third-order valence-corrected chi connectivity index (χ3v) is 2.82. The molecule has 2 rings (SSSR count). The van der Waals surface area contributed by atoms with Gasteiger partial charge in [0.2, 0.25) is 5.91 Å². The molecule has 0 radical (unpaired) electrons. The van der Waals surface area contributed by atoms with Gasteiger partial charge in [-0.3, -0.25) is 4.79 Å². The molecule has 0 aliphatic heterocycles. The fraction of sp³-hybridized carbons (Fsp3) is 0.312. The maximum Gasteiger partial charge on any atom is 0.220 e. The zero-order chi connectivity index (χ0) is 14.2. The average Bonchev–Trinajstić information content (AvgIpc) is 2.88. The summed E-state index contributed by atoms with van der Waals surface area (Å²) in [5.41, 5.74) is 0. The first-order valence-corrected chi connectivity index (χ1v) is 6.74. The monoisotopic (exact) mass is 273 g/mol. The van der Waals surface area contributed by atoms with Crippen LogP contribution in [-0.4, -0.2) is 12.5 Å². The van der Waals surface area contributed by atoms with Crippen molar-refractivity contribution in [3.05, 3.63) is 54.0 Å². The molecule has 1 heterocycles. The van der Waals surface area contributed by atoms with Gasteiger partial charge in [0.25, 0.3) is 0 Å². The quantitative estimate of drug-likeness (QED) is 0.789. The lowest BCUT2D eigenvalue weighted by Gasteiger charge is -2.06. The summed E-state index contributed by atoms with van der Waals surface area (Å²) in [5, 5.41) is 2.82. The van der Waals surface area contributed by atoms with Crippen molar-refractivity contribution in [3.8, 4) is 5.75 Å². The van der Waals surface area contributed by atoms with Crippen LogP contribution in [0.5, 0.6) is 5.75 Å². The molecule has 0 unspecified atom stereocenters. The van der Waals surface area contributed by atoms with Crippen molar-refractivity contribution in [1.82, 2.24) is 5.32 Å². The van der Waals surface area contributed by atoms with E-state index in [0.29, 0.717) is 26.0 Å². The first-order chi connectivity index (χ1) is 9.74. The zero-order valence-electron chi connectivity index (χ0n) is 11.6. The SMILES string of the molecule is Cc1ccc(CNC(=O)CCCOc2ccccc2)o1. The van der Waals surface area contributed by atoms with Crippen molar-refractivity contribution in [1.29, 1.82) is 0 Å². The fourth-order valence-electron chi connectivity index (χ4n) is 1.79. The van der Waals surface area contributed by atoms with Gasteiger partial charge < -0.3 is 14.5 Å². The third kappa shape index (κ3) is 4.80. The van der Waals surface area contributed by atoms with E-state index in [4.69, 9.17) is 9.15 Å². The molecule has 1 amide bonds. The molecule has 1 aromatic carbocycles. The van der Waals surface area contributed by atoms with Crippen LogP contribution < -0.4 is 10.1 Å². The zero-order valence-corrected chi connectivity index (χ0v) is 11.6. The van der Waals surface area contributed by atoms with E-state index in [2.05, 4.69) is 5.32 Å². The molecule has 0 saturated heterocycles. The topological polar surface area (TPSA) is 51.5 Å². The molecule has 0 aliphatic carbocycles. The van der Waals surface area contributed by atoms with Crippen LogP contribution in [0.4, 0.5) is 0 Å². The number of furan rings is 1. The summed E-state index contributed by atoms with van der Waals surface area (Å²) in [5.74, 6) is 2.47. The molecule has 4 nitrogen and oxygen atoms in total. The smallest absolute Gasteiger partial charge is 0.220 e. The molecular formula is C16H19NO3. The van der Waals surface area contributed by atoms with Crippen LogP contribution in [0.25, 0.3) is 0 Å². The van der Waals surface area contributed by atoms with E-state index < -0.39 is 0 Å². The van der Waals surface area contributed by atoms with Crippen LogP contribution in [0, 0.1) is 6.92 Å². The maximum absolute atomic E-state index is 11.6. The Labute approximate surface area is 118 Å². The molecule has 1 N–H and O–H groups in total. The van der Waals surface area contributed by atoms with Gasteiger partial charge in [-0.2, -0.15) is 0 Å². The van der Waals surface area contributed by atoms with Crippen LogP contribution in [0.2, 0.25) is 0 Å². The van der Waals surface area contributed by atoms with Crippen molar-refractivity contribution in [2.45, 2.75) is 26.3 Å². The number of ether oxygens (including phenoxy) is 1. The summed E-state index contributed by atoms with van der Waals surface area (Å²) in [6.45, 7) is 2.86. The standard InChI is InChI=1S/C16H19NO3/c1-13-9-10-15(20-13)12-17-16(18)8-5-11-19-14-6-3-2-4-7-14/h2-4,6-7,9-10H,5,8,11-12H2,1H3,(H,17,18). The molecule has 20 heavy (non-hydrogen) atoms. The Kier molecular flexibility index (Phi) is 5.24. The number of carbonyl (C=O) groups excluding carboxylic acids is 1. The molecule has 2 aromatic rings. The van der Waals surface area contributed by atoms with Gasteiger partial charge in [0.05, 0.1) is 13.2 Å². The lowest BCUT2D eigenvalue weighted by Crippen LogP contribution is -2.22. The van der Waals surface area contributed by atoms with E-state index in [1.807, 2.05) is 49.4 Å². The van der Waals surface area contributed by atoms with Crippen LogP contribution >= 0.6 is 0 Å². The van der Waals surface area contributed by atoms with E-state index in [0.717, 1.165) is 17.3 Å². The number of benzene rings is 1. The Hall–Kier alpha value is -2.23. The first kappa shape index (κ1) is 14.2. The Balaban J connectivity index is 1.58. The van der Waals surface area contributed by atoms with Crippen molar-refractivity contribution in [2.75, 3.05) is 6.61 Å². The normalized spacial score (nSPS) is 10.2. The number of carbonyl (C=O) groups is 1. The van der Waals surface area contributed by atoms with Gasteiger partial charge in [-0.05, 0) is 37.6 Å². The van der Waals surface area contributed by atoms with Crippen molar-refractivity contribution in [2.24, 2.45) is 0 Å². The van der Waals surface area contributed by atoms with E-state index in [1.165, 1.54) is 0 Å². The highest BCUT2D eigenvalue weighted by atomic mass is 16.5. The lowest BCUT2D eigenvalue weighted by atomic mass is 10.3. The van der Waals surface area contributed by atoms with Crippen LogP contribution in [0.15, 0.2) is 46.9 Å². The van der Waals surface area contributed by atoms with E-state index in [1.54, 1.807) is 0 Å². The average molecular weight is 273 g/mol. The number of para-hydroxylation sites is 1. The number of amides is 1. The Morgan fingerprint density at radius 3 is 2.70 bits per heavy atom.